The van der Waals surface area contributed by atoms with Gasteiger partial charge in [-0.1, -0.05) is 0 Å². The number of sulfonamides is 1. The van der Waals surface area contributed by atoms with Crippen LogP contribution in [0.1, 0.15) is 24.2 Å². The number of carbonyl (C=O) groups excluding carboxylic acids is 1. The standard InChI is InChI=1S/C13H17BrN2O4S/c1-8-6-16(7-9(2)20-8)13(17)11-5-10(21(15,18)19)3-4-12(11)14/h3-5,8-9H,6-7H2,1-2H3,(H2,15,18,19). The van der Waals surface area contributed by atoms with Crippen LogP contribution in [0.2, 0.25) is 0 Å². The van der Waals surface area contributed by atoms with E-state index in [4.69, 9.17) is 9.88 Å². The Hall–Kier alpha value is -0.960. The van der Waals surface area contributed by atoms with Gasteiger partial charge >= 0.3 is 0 Å². The van der Waals surface area contributed by atoms with E-state index in [9.17, 15) is 13.2 Å². The molecular formula is C13H17BrN2O4S. The molecule has 1 fully saturated rings. The van der Waals surface area contributed by atoms with E-state index in [-0.39, 0.29) is 28.6 Å². The topological polar surface area (TPSA) is 89.7 Å². The molecule has 2 N–H and O–H groups in total. The van der Waals surface area contributed by atoms with Crippen LogP contribution in [0.5, 0.6) is 0 Å². The lowest BCUT2D eigenvalue weighted by Gasteiger charge is -2.35. The van der Waals surface area contributed by atoms with E-state index in [0.29, 0.717) is 17.6 Å². The molecule has 0 aromatic heterocycles. The van der Waals surface area contributed by atoms with Crippen molar-refractivity contribution >= 4 is 31.9 Å². The number of halogens is 1. The maximum Gasteiger partial charge on any atom is 0.255 e. The molecule has 1 aromatic carbocycles. The fourth-order valence-corrected chi connectivity index (χ4v) is 3.32. The van der Waals surface area contributed by atoms with Crippen molar-refractivity contribution in [1.82, 2.24) is 4.90 Å². The Labute approximate surface area is 132 Å². The van der Waals surface area contributed by atoms with Gasteiger partial charge in [-0.2, -0.15) is 0 Å². The van der Waals surface area contributed by atoms with Gasteiger partial charge in [-0.3, -0.25) is 4.79 Å². The van der Waals surface area contributed by atoms with E-state index in [1.165, 1.54) is 18.2 Å². The Morgan fingerprint density at radius 3 is 2.43 bits per heavy atom. The van der Waals surface area contributed by atoms with Crippen LogP contribution < -0.4 is 5.14 Å². The highest BCUT2D eigenvalue weighted by Gasteiger charge is 2.28. The molecule has 1 aromatic rings. The highest BCUT2D eigenvalue weighted by Crippen LogP contribution is 2.23. The summed E-state index contributed by atoms with van der Waals surface area (Å²) < 4.78 is 29.0. The number of nitrogens with two attached hydrogens (primary N) is 1. The summed E-state index contributed by atoms with van der Waals surface area (Å²) in [4.78, 5) is 14.2. The minimum atomic E-state index is -3.84. The molecule has 1 amide bonds. The van der Waals surface area contributed by atoms with E-state index in [0.717, 1.165) is 0 Å². The first-order valence-corrected chi connectivity index (χ1v) is 8.79. The summed E-state index contributed by atoms with van der Waals surface area (Å²) in [6, 6.07) is 4.17. The third kappa shape index (κ3) is 3.82. The number of carbonyl (C=O) groups is 1. The van der Waals surface area contributed by atoms with Crippen molar-refractivity contribution in [2.75, 3.05) is 13.1 Å². The van der Waals surface area contributed by atoms with Crippen LogP contribution in [0.4, 0.5) is 0 Å². The van der Waals surface area contributed by atoms with Crippen LogP contribution in [0.3, 0.4) is 0 Å². The Bertz CT molecular complexity index is 652. The lowest BCUT2D eigenvalue weighted by molar-refractivity contribution is -0.0586. The predicted octanol–water partition coefficient (Wildman–Crippen LogP) is 1.35. The zero-order valence-corrected chi connectivity index (χ0v) is 14.1. The SMILES string of the molecule is CC1CN(C(=O)c2cc(S(N)(=O)=O)ccc2Br)CC(C)O1. The third-order valence-electron chi connectivity index (χ3n) is 3.20. The van der Waals surface area contributed by atoms with Crippen LogP contribution in [0, 0.1) is 0 Å². The minimum Gasteiger partial charge on any atom is -0.372 e. The number of benzene rings is 1. The molecule has 0 aliphatic carbocycles. The van der Waals surface area contributed by atoms with Gasteiger partial charge in [-0.15, -0.1) is 0 Å². The van der Waals surface area contributed by atoms with Crippen molar-refractivity contribution < 1.29 is 17.9 Å². The van der Waals surface area contributed by atoms with Gasteiger partial charge in [0.2, 0.25) is 10.0 Å². The lowest BCUT2D eigenvalue weighted by Crippen LogP contribution is -2.48. The highest BCUT2D eigenvalue weighted by atomic mass is 79.9. The molecule has 0 radical (unpaired) electrons. The molecule has 0 bridgehead atoms. The normalized spacial score (nSPS) is 23.1. The summed E-state index contributed by atoms with van der Waals surface area (Å²) in [7, 11) is -3.84. The molecule has 21 heavy (non-hydrogen) atoms. The highest BCUT2D eigenvalue weighted by molar-refractivity contribution is 9.10. The van der Waals surface area contributed by atoms with Crippen LogP contribution in [0.15, 0.2) is 27.6 Å². The summed E-state index contributed by atoms with van der Waals surface area (Å²) in [5.74, 6) is -0.241. The molecule has 2 atom stereocenters. The van der Waals surface area contributed by atoms with Gasteiger partial charge in [0.25, 0.3) is 5.91 Å². The molecule has 1 saturated heterocycles. The number of ether oxygens (including phenoxy) is 1. The van der Waals surface area contributed by atoms with Gasteiger partial charge in [-0.25, -0.2) is 13.6 Å². The molecule has 2 rings (SSSR count). The molecule has 1 aliphatic rings. The number of primary sulfonamides is 1. The number of morpholine rings is 1. The Morgan fingerprint density at radius 2 is 1.90 bits per heavy atom. The molecule has 2 unspecified atom stereocenters. The van der Waals surface area contributed by atoms with Crippen LogP contribution in [0.25, 0.3) is 0 Å². The predicted molar refractivity (Wildman–Crippen MR) is 81.4 cm³/mol. The summed E-state index contributed by atoms with van der Waals surface area (Å²) in [6.07, 6.45) is -0.115. The molecule has 1 heterocycles. The largest absolute Gasteiger partial charge is 0.372 e. The number of amides is 1. The maximum atomic E-state index is 12.6. The summed E-state index contributed by atoms with van der Waals surface area (Å²) >= 11 is 3.28. The summed E-state index contributed by atoms with van der Waals surface area (Å²) in [6.45, 7) is 4.72. The van der Waals surface area contributed by atoms with Crippen LogP contribution in [-0.4, -0.2) is 44.5 Å². The van der Waals surface area contributed by atoms with Crippen LogP contribution in [-0.2, 0) is 14.8 Å². The zero-order chi connectivity index (χ0) is 15.8. The van der Waals surface area contributed by atoms with E-state index < -0.39 is 10.0 Å². The van der Waals surface area contributed by atoms with Gasteiger partial charge in [0, 0.05) is 17.6 Å². The Morgan fingerprint density at radius 1 is 1.33 bits per heavy atom. The monoisotopic (exact) mass is 376 g/mol. The fourth-order valence-electron chi connectivity index (χ4n) is 2.36. The minimum absolute atomic E-state index is 0.0575. The zero-order valence-electron chi connectivity index (χ0n) is 11.7. The first-order chi connectivity index (χ1) is 9.68. The lowest BCUT2D eigenvalue weighted by atomic mass is 10.1. The van der Waals surface area contributed by atoms with Crippen molar-refractivity contribution in [3.8, 4) is 0 Å². The quantitative estimate of drug-likeness (QED) is 0.843. The van der Waals surface area contributed by atoms with E-state index in [2.05, 4.69) is 15.9 Å². The van der Waals surface area contributed by atoms with E-state index in [1.807, 2.05) is 13.8 Å². The second-order valence-electron chi connectivity index (χ2n) is 5.15. The van der Waals surface area contributed by atoms with E-state index >= 15 is 0 Å². The Balaban J connectivity index is 2.34. The molecule has 1 aliphatic heterocycles. The molecule has 8 heteroatoms. The van der Waals surface area contributed by atoms with Crippen molar-refractivity contribution in [3.05, 3.63) is 28.2 Å². The van der Waals surface area contributed by atoms with Crippen molar-refractivity contribution in [2.45, 2.75) is 31.0 Å². The van der Waals surface area contributed by atoms with Crippen LogP contribution >= 0.6 is 15.9 Å². The smallest absolute Gasteiger partial charge is 0.255 e. The number of nitrogens with zero attached hydrogens (tertiary/aromatic N) is 1. The average molecular weight is 377 g/mol. The van der Waals surface area contributed by atoms with Gasteiger partial charge in [0.1, 0.15) is 0 Å². The van der Waals surface area contributed by atoms with Gasteiger partial charge in [-0.05, 0) is 48.0 Å². The van der Waals surface area contributed by atoms with Gasteiger partial charge in [0.15, 0.2) is 0 Å². The number of rotatable bonds is 2. The van der Waals surface area contributed by atoms with Gasteiger partial charge < -0.3 is 9.64 Å². The van der Waals surface area contributed by atoms with E-state index in [1.54, 1.807) is 4.90 Å². The second-order valence-corrected chi connectivity index (χ2v) is 7.57. The molecule has 0 spiro atoms. The maximum absolute atomic E-state index is 12.6. The fraction of sp³-hybridized carbons (Fsp3) is 0.462. The number of hydrogen-bond acceptors (Lipinski definition) is 4. The van der Waals surface area contributed by atoms with Gasteiger partial charge in [0.05, 0.1) is 22.7 Å². The second kappa shape index (κ2) is 6.04. The first kappa shape index (κ1) is 16.4. The first-order valence-electron chi connectivity index (χ1n) is 6.45. The molecular weight excluding hydrogens is 360 g/mol. The third-order valence-corrected chi connectivity index (χ3v) is 4.81. The summed E-state index contributed by atoms with van der Waals surface area (Å²) in [5.41, 5.74) is 0.280. The molecule has 6 nitrogen and oxygen atoms in total. The molecule has 0 saturated carbocycles. The molecule has 116 valence electrons. The Kier molecular flexibility index (Phi) is 4.72. The van der Waals surface area contributed by atoms with Crippen molar-refractivity contribution in [3.63, 3.8) is 0 Å². The van der Waals surface area contributed by atoms with Crippen molar-refractivity contribution in [2.24, 2.45) is 5.14 Å². The average Bonchev–Trinajstić information content (AvgIpc) is 2.36. The summed E-state index contributed by atoms with van der Waals surface area (Å²) in [5, 5.41) is 5.11. The number of hydrogen-bond donors (Lipinski definition) is 1. The van der Waals surface area contributed by atoms with Crippen molar-refractivity contribution in [1.29, 1.82) is 0 Å².